The minimum Gasteiger partial charge on any atom is -0.298 e. The summed E-state index contributed by atoms with van der Waals surface area (Å²) in [6.45, 7) is 2.58. The predicted octanol–water partition coefficient (Wildman–Crippen LogP) is 2.65. The Kier molecular flexibility index (Phi) is 2.83. The molecule has 2 rings (SSSR count). The predicted molar refractivity (Wildman–Crippen MR) is 64.9 cm³/mol. The number of nitrogens with one attached hydrogen (secondary N) is 1. The lowest BCUT2D eigenvalue weighted by molar-refractivity contribution is 0.706. The van der Waals surface area contributed by atoms with Gasteiger partial charge in [0.2, 0.25) is 0 Å². The van der Waals surface area contributed by atoms with Gasteiger partial charge in [-0.15, -0.1) is 11.3 Å². The molecule has 0 amide bonds. The molecule has 2 aromatic rings. The Morgan fingerprint density at radius 1 is 1.60 bits per heavy atom. The third-order valence-electron chi connectivity index (χ3n) is 2.12. The quantitative estimate of drug-likeness (QED) is 0.817. The van der Waals surface area contributed by atoms with Crippen molar-refractivity contribution in [3.8, 4) is 10.6 Å². The zero-order valence-electron chi connectivity index (χ0n) is 8.19. The van der Waals surface area contributed by atoms with Crippen molar-refractivity contribution in [2.75, 3.05) is 0 Å². The molecule has 0 saturated carbocycles. The molecule has 0 fully saturated rings. The van der Waals surface area contributed by atoms with E-state index in [4.69, 9.17) is 12.2 Å². The second kappa shape index (κ2) is 4.12. The van der Waals surface area contributed by atoms with E-state index in [9.17, 15) is 4.79 Å². The van der Waals surface area contributed by atoms with Crippen LogP contribution in [0.4, 0.5) is 0 Å². The molecule has 15 heavy (non-hydrogen) atoms. The second-order valence-electron chi connectivity index (χ2n) is 3.05. The molecule has 78 valence electrons. The number of rotatable bonds is 2. The minimum atomic E-state index is -0.145. The summed E-state index contributed by atoms with van der Waals surface area (Å²) in [5, 5.41) is 1.99. The topological polar surface area (TPSA) is 37.8 Å². The van der Waals surface area contributed by atoms with Crippen molar-refractivity contribution >= 4 is 23.6 Å². The number of aromatic amines is 1. The lowest BCUT2D eigenvalue weighted by Crippen LogP contribution is -2.23. The molecule has 5 heteroatoms. The van der Waals surface area contributed by atoms with Crippen LogP contribution in [0.1, 0.15) is 6.92 Å². The van der Waals surface area contributed by atoms with Gasteiger partial charge in [-0.25, -0.2) is 4.79 Å². The van der Waals surface area contributed by atoms with Gasteiger partial charge in [0, 0.05) is 6.54 Å². The van der Waals surface area contributed by atoms with E-state index in [1.807, 2.05) is 30.5 Å². The monoisotopic (exact) mass is 238 g/mol. The highest BCUT2D eigenvalue weighted by atomic mass is 32.1. The fraction of sp³-hybridized carbons (Fsp3) is 0.200. The second-order valence-corrected chi connectivity index (χ2v) is 4.43. The summed E-state index contributed by atoms with van der Waals surface area (Å²) < 4.78 is 2.16. The molecule has 0 bridgehead atoms. The maximum atomic E-state index is 11.6. The third-order valence-corrected chi connectivity index (χ3v) is 3.24. The Labute approximate surface area is 96.0 Å². The Hall–Kier alpha value is -1.20. The first-order valence-electron chi connectivity index (χ1n) is 4.60. The van der Waals surface area contributed by atoms with E-state index in [1.165, 1.54) is 0 Å². The van der Waals surface area contributed by atoms with Gasteiger partial charge in [-0.05, 0) is 24.4 Å². The molecule has 0 radical (unpaired) electrons. The van der Waals surface area contributed by atoms with Crippen molar-refractivity contribution < 1.29 is 0 Å². The summed E-state index contributed by atoms with van der Waals surface area (Å²) in [7, 11) is 0. The van der Waals surface area contributed by atoms with Crippen LogP contribution in [0.25, 0.3) is 10.6 Å². The van der Waals surface area contributed by atoms with Crippen LogP contribution in [0.15, 0.2) is 28.4 Å². The van der Waals surface area contributed by atoms with Gasteiger partial charge in [-0.2, -0.15) is 0 Å². The Bertz CT molecular complexity index is 566. The molecular formula is C10H10N2OS2. The molecular weight excluding hydrogens is 228 g/mol. The molecule has 0 aromatic carbocycles. The van der Waals surface area contributed by atoms with Gasteiger partial charge in [0.05, 0.1) is 10.6 Å². The van der Waals surface area contributed by atoms with Crippen molar-refractivity contribution in [3.05, 3.63) is 38.7 Å². The third kappa shape index (κ3) is 1.93. The number of thiophene rings is 1. The molecule has 0 unspecified atom stereocenters. The van der Waals surface area contributed by atoms with Crippen LogP contribution in [-0.2, 0) is 6.54 Å². The number of hydrogen-bond acceptors (Lipinski definition) is 3. The Balaban J connectivity index is 2.75. The zero-order chi connectivity index (χ0) is 10.8. The summed E-state index contributed by atoms with van der Waals surface area (Å²) in [5.41, 5.74) is 0.745. The molecule has 2 heterocycles. The summed E-state index contributed by atoms with van der Waals surface area (Å²) in [6, 6.07) is 5.77. The van der Waals surface area contributed by atoms with Crippen molar-refractivity contribution in [2.45, 2.75) is 13.5 Å². The van der Waals surface area contributed by atoms with Crippen LogP contribution in [0.5, 0.6) is 0 Å². The number of nitrogens with zero attached hydrogens (tertiary/aromatic N) is 1. The highest BCUT2D eigenvalue weighted by molar-refractivity contribution is 7.71. The van der Waals surface area contributed by atoms with E-state index in [1.54, 1.807) is 15.9 Å². The summed E-state index contributed by atoms with van der Waals surface area (Å²) in [6.07, 6.45) is 0. The van der Waals surface area contributed by atoms with Gasteiger partial charge in [0.15, 0.2) is 0 Å². The average Bonchev–Trinajstić information content (AvgIpc) is 2.69. The van der Waals surface area contributed by atoms with E-state index in [-0.39, 0.29) is 5.69 Å². The summed E-state index contributed by atoms with van der Waals surface area (Å²) >= 11 is 6.61. The lowest BCUT2D eigenvalue weighted by Gasteiger charge is -2.07. The van der Waals surface area contributed by atoms with Crippen molar-refractivity contribution in [1.29, 1.82) is 0 Å². The van der Waals surface area contributed by atoms with Gasteiger partial charge >= 0.3 is 5.69 Å². The maximum absolute atomic E-state index is 11.6. The van der Waals surface area contributed by atoms with Crippen LogP contribution in [0.2, 0.25) is 0 Å². The summed E-state index contributed by atoms with van der Waals surface area (Å²) in [4.78, 5) is 15.3. The van der Waals surface area contributed by atoms with Crippen LogP contribution in [0.3, 0.4) is 0 Å². The molecule has 0 aliphatic rings. The van der Waals surface area contributed by atoms with Gasteiger partial charge < -0.3 is 0 Å². The smallest absolute Gasteiger partial charge is 0.298 e. The molecule has 0 aliphatic carbocycles. The fourth-order valence-electron chi connectivity index (χ4n) is 1.46. The minimum absolute atomic E-state index is 0.145. The van der Waals surface area contributed by atoms with Gasteiger partial charge in [0.25, 0.3) is 0 Å². The van der Waals surface area contributed by atoms with Gasteiger partial charge in [-0.1, -0.05) is 18.3 Å². The molecule has 2 aromatic heterocycles. The molecule has 0 aliphatic heterocycles. The molecule has 0 saturated heterocycles. The van der Waals surface area contributed by atoms with Crippen molar-refractivity contribution in [2.24, 2.45) is 0 Å². The van der Waals surface area contributed by atoms with E-state index in [2.05, 4.69) is 4.98 Å². The van der Waals surface area contributed by atoms with Crippen LogP contribution in [0, 0.1) is 4.64 Å². The highest BCUT2D eigenvalue weighted by Gasteiger charge is 2.05. The number of hydrogen-bond donors (Lipinski definition) is 1. The fourth-order valence-corrected chi connectivity index (χ4v) is 2.41. The van der Waals surface area contributed by atoms with E-state index >= 15 is 0 Å². The first-order valence-corrected chi connectivity index (χ1v) is 5.89. The normalized spacial score (nSPS) is 10.5. The lowest BCUT2D eigenvalue weighted by atomic mass is 10.3. The van der Waals surface area contributed by atoms with Crippen LogP contribution < -0.4 is 5.69 Å². The molecule has 0 spiro atoms. The Morgan fingerprint density at radius 3 is 3.00 bits per heavy atom. The van der Waals surface area contributed by atoms with Crippen LogP contribution in [-0.4, -0.2) is 9.55 Å². The van der Waals surface area contributed by atoms with Gasteiger partial charge in [-0.3, -0.25) is 9.55 Å². The van der Waals surface area contributed by atoms with Crippen molar-refractivity contribution in [1.82, 2.24) is 9.55 Å². The van der Waals surface area contributed by atoms with E-state index < -0.39 is 0 Å². The van der Waals surface area contributed by atoms with Gasteiger partial charge in [0.1, 0.15) is 4.64 Å². The first kappa shape index (κ1) is 10.3. The van der Waals surface area contributed by atoms with Crippen LogP contribution >= 0.6 is 23.6 Å². The molecule has 0 atom stereocenters. The maximum Gasteiger partial charge on any atom is 0.326 e. The average molecular weight is 238 g/mol. The Morgan fingerprint density at radius 2 is 2.40 bits per heavy atom. The molecule has 3 nitrogen and oxygen atoms in total. The standard InChI is InChI=1S/C10H10N2OS2/c1-2-12-7(8-4-3-5-15-8)6-9(14)11-10(12)13/h3-6H,2H2,1H3,(H,11,13,14). The summed E-state index contributed by atoms with van der Waals surface area (Å²) in [5.74, 6) is 0. The number of aromatic nitrogens is 2. The largest absolute Gasteiger partial charge is 0.326 e. The first-order chi connectivity index (χ1) is 7.22. The highest BCUT2D eigenvalue weighted by Crippen LogP contribution is 2.23. The molecule has 1 N–H and O–H groups in total. The van der Waals surface area contributed by atoms with Crippen molar-refractivity contribution in [3.63, 3.8) is 0 Å². The van der Waals surface area contributed by atoms with E-state index in [0.29, 0.717) is 11.2 Å². The zero-order valence-corrected chi connectivity index (χ0v) is 9.82. The van der Waals surface area contributed by atoms with E-state index in [0.717, 1.165) is 10.6 Å². The SMILES string of the molecule is CCn1c(-c2cccs2)cc(=S)[nH]c1=O. The number of H-pyrrole nitrogens is 1.